The second-order valence-corrected chi connectivity index (χ2v) is 5.91. The van der Waals surface area contributed by atoms with E-state index in [0.717, 1.165) is 5.75 Å². The van der Waals surface area contributed by atoms with Crippen LogP contribution in [0.3, 0.4) is 0 Å². The van der Waals surface area contributed by atoms with E-state index < -0.39 is 0 Å². The summed E-state index contributed by atoms with van der Waals surface area (Å²) in [4.78, 5) is 3.41. The Balaban J connectivity index is 1.90. The van der Waals surface area contributed by atoms with Gasteiger partial charge >= 0.3 is 0 Å². The quantitative estimate of drug-likeness (QED) is 0.539. The molecule has 1 N–H and O–H groups in total. The Labute approximate surface area is 141 Å². The summed E-state index contributed by atoms with van der Waals surface area (Å²) < 4.78 is 5.31. The fourth-order valence-electron chi connectivity index (χ4n) is 3.33. The van der Waals surface area contributed by atoms with Crippen LogP contribution in [0, 0.1) is 0 Å². The highest BCUT2D eigenvalue weighted by atomic mass is 16.5. The van der Waals surface area contributed by atoms with E-state index in [1.807, 2.05) is 12.1 Å². The number of methoxy groups -OCH3 is 1. The highest BCUT2D eigenvalue weighted by Crippen LogP contribution is 2.36. The van der Waals surface area contributed by atoms with Gasteiger partial charge in [-0.15, -0.1) is 0 Å². The number of H-pyrrole nitrogens is 1. The van der Waals surface area contributed by atoms with E-state index in [1.165, 1.54) is 27.6 Å². The molecule has 4 aromatic rings. The zero-order valence-corrected chi connectivity index (χ0v) is 13.6. The summed E-state index contributed by atoms with van der Waals surface area (Å²) in [6.45, 7) is 0. The topological polar surface area (TPSA) is 25.0 Å². The largest absolute Gasteiger partial charge is 0.497 e. The second kappa shape index (κ2) is 6.25. The van der Waals surface area contributed by atoms with Crippen LogP contribution in [0.1, 0.15) is 22.6 Å². The normalized spacial score (nSPS) is 12.2. The fraction of sp³-hybridized carbons (Fsp3) is 0.0909. The first-order valence-electron chi connectivity index (χ1n) is 8.12. The minimum atomic E-state index is 0.188. The van der Waals surface area contributed by atoms with Gasteiger partial charge in [0.15, 0.2) is 0 Å². The number of rotatable bonds is 4. The lowest BCUT2D eigenvalue weighted by atomic mass is 9.85. The molecule has 1 atom stereocenters. The fourth-order valence-corrected chi connectivity index (χ4v) is 3.33. The standard InChI is InChI=1S/C22H19NO/c1-24-18-13-11-17(12-14-18)22(16-7-3-2-4-8-16)20-15-23-21-10-6-5-9-19(20)21/h2-15,22-23H,1H3. The maximum Gasteiger partial charge on any atom is 0.118 e. The van der Waals surface area contributed by atoms with Crippen molar-refractivity contribution in [1.29, 1.82) is 0 Å². The zero-order valence-electron chi connectivity index (χ0n) is 13.6. The third-order valence-electron chi connectivity index (χ3n) is 4.51. The summed E-state index contributed by atoms with van der Waals surface area (Å²) in [7, 11) is 1.70. The average molecular weight is 313 g/mol. The lowest BCUT2D eigenvalue weighted by Crippen LogP contribution is -2.02. The lowest BCUT2D eigenvalue weighted by Gasteiger charge is -2.18. The molecule has 24 heavy (non-hydrogen) atoms. The van der Waals surface area contributed by atoms with Crippen molar-refractivity contribution in [1.82, 2.24) is 4.98 Å². The average Bonchev–Trinajstić information content (AvgIpc) is 3.07. The summed E-state index contributed by atoms with van der Waals surface area (Å²) in [5.74, 6) is 1.07. The summed E-state index contributed by atoms with van der Waals surface area (Å²) >= 11 is 0. The van der Waals surface area contributed by atoms with Gasteiger partial charge in [-0.25, -0.2) is 0 Å². The zero-order chi connectivity index (χ0) is 16.4. The molecule has 2 heteroatoms. The van der Waals surface area contributed by atoms with Crippen molar-refractivity contribution < 1.29 is 4.74 Å². The maximum absolute atomic E-state index is 5.31. The van der Waals surface area contributed by atoms with E-state index in [2.05, 4.69) is 77.9 Å². The van der Waals surface area contributed by atoms with E-state index in [-0.39, 0.29) is 5.92 Å². The third kappa shape index (κ3) is 2.56. The molecule has 1 aromatic heterocycles. The predicted molar refractivity (Wildman–Crippen MR) is 98.7 cm³/mol. The van der Waals surface area contributed by atoms with Crippen LogP contribution in [-0.2, 0) is 0 Å². The summed E-state index contributed by atoms with van der Waals surface area (Å²) in [5, 5.41) is 1.27. The van der Waals surface area contributed by atoms with Gasteiger partial charge < -0.3 is 9.72 Å². The van der Waals surface area contributed by atoms with Crippen LogP contribution in [0.15, 0.2) is 85.1 Å². The molecule has 1 heterocycles. The molecule has 118 valence electrons. The van der Waals surface area contributed by atoms with Crippen LogP contribution in [-0.4, -0.2) is 12.1 Å². The molecule has 0 saturated carbocycles. The SMILES string of the molecule is COc1ccc(C(c2ccccc2)c2c[nH]c3ccccc23)cc1. The summed E-state index contributed by atoms with van der Waals surface area (Å²) in [6, 6.07) is 27.5. The van der Waals surface area contributed by atoms with Crippen molar-refractivity contribution >= 4 is 10.9 Å². The molecule has 0 aliphatic rings. The van der Waals surface area contributed by atoms with Gasteiger partial charge in [-0.1, -0.05) is 60.7 Å². The van der Waals surface area contributed by atoms with Gasteiger partial charge in [-0.2, -0.15) is 0 Å². The minimum Gasteiger partial charge on any atom is -0.497 e. The Hall–Kier alpha value is -3.00. The van der Waals surface area contributed by atoms with Gasteiger partial charge in [-0.3, -0.25) is 0 Å². The van der Waals surface area contributed by atoms with Crippen LogP contribution in [0.2, 0.25) is 0 Å². The maximum atomic E-state index is 5.31. The van der Waals surface area contributed by atoms with Crippen molar-refractivity contribution in [3.05, 3.63) is 102 Å². The first kappa shape index (κ1) is 14.6. The molecule has 0 aliphatic heterocycles. The van der Waals surface area contributed by atoms with Crippen molar-refractivity contribution in [2.24, 2.45) is 0 Å². The first-order valence-corrected chi connectivity index (χ1v) is 8.12. The number of aromatic amines is 1. The van der Waals surface area contributed by atoms with Gasteiger partial charge in [0.25, 0.3) is 0 Å². The molecule has 0 radical (unpaired) electrons. The smallest absolute Gasteiger partial charge is 0.118 e. The second-order valence-electron chi connectivity index (χ2n) is 5.91. The molecule has 2 nitrogen and oxygen atoms in total. The van der Waals surface area contributed by atoms with E-state index in [9.17, 15) is 0 Å². The number of fused-ring (bicyclic) bond motifs is 1. The number of hydrogen-bond donors (Lipinski definition) is 1. The molecule has 0 fully saturated rings. The Bertz CT molecular complexity index is 939. The van der Waals surface area contributed by atoms with Crippen molar-refractivity contribution in [2.75, 3.05) is 7.11 Å². The van der Waals surface area contributed by atoms with Crippen molar-refractivity contribution in [2.45, 2.75) is 5.92 Å². The van der Waals surface area contributed by atoms with E-state index in [1.54, 1.807) is 7.11 Å². The molecule has 1 unspecified atom stereocenters. The van der Waals surface area contributed by atoms with E-state index in [4.69, 9.17) is 4.74 Å². The Morgan fingerprint density at radius 2 is 1.42 bits per heavy atom. The van der Waals surface area contributed by atoms with Gasteiger partial charge in [0.05, 0.1) is 7.11 Å². The molecule has 0 saturated heterocycles. The summed E-state index contributed by atoms with van der Waals surface area (Å²) in [5.41, 5.74) is 5.00. The molecule has 3 aromatic carbocycles. The van der Waals surface area contributed by atoms with Gasteiger partial charge in [0, 0.05) is 23.0 Å². The van der Waals surface area contributed by atoms with Gasteiger partial charge in [0.2, 0.25) is 0 Å². The van der Waals surface area contributed by atoms with Crippen molar-refractivity contribution in [3.8, 4) is 5.75 Å². The predicted octanol–water partition coefficient (Wildman–Crippen LogP) is 5.36. The van der Waals surface area contributed by atoms with Crippen LogP contribution >= 0.6 is 0 Å². The molecule has 0 bridgehead atoms. The Morgan fingerprint density at radius 1 is 0.750 bits per heavy atom. The van der Waals surface area contributed by atoms with Crippen LogP contribution in [0.5, 0.6) is 5.75 Å². The number of hydrogen-bond acceptors (Lipinski definition) is 1. The Morgan fingerprint density at radius 3 is 2.17 bits per heavy atom. The monoisotopic (exact) mass is 313 g/mol. The molecular formula is C22H19NO. The lowest BCUT2D eigenvalue weighted by molar-refractivity contribution is 0.414. The van der Waals surface area contributed by atoms with Crippen molar-refractivity contribution in [3.63, 3.8) is 0 Å². The third-order valence-corrected chi connectivity index (χ3v) is 4.51. The molecular weight excluding hydrogens is 294 g/mol. The van der Waals surface area contributed by atoms with Crippen LogP contribution in [0.25, 0.3) is 10.9 Å². The van der Waals surface area contributed by atoms with Gasteiger partial charge in [0.1, 0.15) is 5.75 Å². The Kier molecular flexibility index (Phi) is 3.80. The molecule has 0 spiro atoms. The molecule has 4 rings (SSSR count). The minimum absolute atomic E-state index is 0.188. The highest BCUT2D eigenvalue weighted by molar-refractivity contribution is 5.84. The number of benzene rings is 3. The highest BCUT2D eigenvalue weighted by Gasteiger charge is 2.19. The number of ether oxygens (including phenoxy) is 1. The van der Waals surface area contributed by atoms with E-state index >= 15 is 0 Å². The van der Waals surface area contributed by atoms with Crippen LogP contribution < -0.4 is 4.74 Å². The van der Waals surface area contributed by atoms with Gasteiger partial charge in [-0.05, 0) is 34.9 Å². The van der Waals surface area contributed by atoms with E-state index in [0.29, 0.717) is 0 Å². The first-order chi connectivity index (χ1) is 11.9. The summed E-state index contributed by atoms with van der Waals surface area (Å²) in [6.07, 6.45) is 2.13. The number of nitrogens with one attached hydrogen (secondary N) is 1. The number of aromatic nitrogens is 1. The number of para-hydroxylation sites is 1. The molecule has 0 amide bonds. The molecule has 0 aliphatic carbocycles. The van der Waals surface area contributed by atoms with Crippen LogP contribution in [0.4, 0.5) is 0 Å².